The first kappa shape index (κ1) is 18.8. The van der Waals surface area contributed by atoms with E-state index < -0.39 is 0 Å². The molecule has 26 heavy (non-hydrogen) atoms. The number of fused-ring (bicyclic) bond motifs is 5. The third-order valence-corrected chi connectivity index (χ3v) is 9.31. The van der Waals surface area contributed by atoms with E-state index in [1.54, 1.807) is 0 Å². The Morgan fingerprint density at radius 2 is 1.92 bits per heavy atom. The average molecular weight is 362 g/mol. The number of piperidine rings is 1. The molecule has 0 aromatic rings. The lowest BCUT2D eigenvalue weighted by atomic mass is 9.46. The number of hydrogen-bond donors (Lipinski definition) is 0. The molecular weight excluding hydrogens is 322 g/mol. The van der Waals surface area contributed by atoms with Crippen LogP contribution >= 0.6 is 0 Å². The molecule has 8 atom stereocenters. The Kier molecular flexibility index (Phi) is 4.69. The molecule has 0 radical (unpaired) electrons. The molecule has 1 heterocycles. The molecule has 1 amide bonds. The molecular formula is C23H39NO2. The number of carbonyl (C=O) groups is 1. The summed E-state index contributed by atoms with van der Waals surface area (Å²) < 4.78 is 6.38. The maximum atomic E-state index is 12.3. The minimum Gasteiger partial charge on any atom is -0.378 e. The van der Waals surface area contributed by atoms with Gasteiger partial charge < -0.3 is 9.64 Å². The van der Waals surface area contributed by atoms with E-state index in [1.807, 2.05) is 0 Å². The molecule has 0 aromatic heterocycles. The molecule has 148 valence electrons. The minimum atomic E-state index is 0.328. The average Bonchev–Trinajstić information content (AvgIpc) is 2.87. The van der Waals surface area contributed by atoms with Gasteiger partial charge in [0.1, 0.15) is 0 Å². The quantitative estimate of drug-likeness (QED) is 0.716. The molecule has 4 rings (SSSR count). The number of nitrogens with zero attached hydrogens (tertiary/aromatic N) is 1. The Labute approximate surface area is 160 Å². The van der Waals surface area contributed by atoms with Crippen LogP contribution in [-0.2, 0) is 9.53 Å². The minimum absolute atomic E-state index is 0.328. The smallest absolute Gasteiger partial charge is 0.222 e. The largest absolute Gasteiger partial charge is 0.378 e. The molecule has 0 bridgehead atoms. The Morgan fingerprint density at radius 3 is 2.65 bits per heavy atom. The topological polar surface area (TPSA) is 29.5 Å². The summed E-state index contributed by atoms with van der Waals surface area (Å²) in [5, 5.41) is 0. The summed E-state index contributed by atoms with van der Waals surface area (Å²) in [5.74, 6) is 3.58. The fourth-order valence-corrected chi connectivity index (χ4v) is 8.15. The summed E-state index contributed by atoms with van der Waals surface area (Å²) in [4.78, 5) is 14.4. The van der Waals surface area contributed by atoms with Crippen LogP contribution in [0.2, 0.25) is 0 Å². The SMILES string of the molecule is CCCO[C@H]1C[C@@H](C)C2C3CC[C@H]4N(C)C(=O)CC[C@]4(C)C3CC[C@@]21C. The normalized spacial score (nSPS) is 51.0. The number of carbonyl (C=O) groups excluding carboxylic acids is 1. The molecule has 3 saturated carbocycles. The van der Waals surface area contributed by atoms with Crippen LogP contribution in [0.4, 0.5) is 0 Å². The maximum absolute atomic E-state index is 12.3. The van der Waals surface area contributed by atoms with Gasteiger partial charge in [-0.2, -0.15) is 0 Å². The molecule has 3 unspecified atom stereocenters. The van der Waals surface area contributed by atoms with Crippen LogP contribution in [0.3, 0.4) is 0 Å². The van der Waals surface area contributed by atoms with Gasteiger partial charge in [-0.15, -0.1) is 0 Å². The second-order valence-electron chi connectivity index (χ2n) is 10.5. The summed E-state index contributed by atoms with van der Waals surface area (Å²) in [7, 11) is 2.06. The molecule has 3 aliphatic carbocycles. The Balaban J connectivity index is 1.61. The number of amides is 1. The molecule has 1 saturated heterocycles. The molecule has 3 heteroatoms. The van der Waals surface area contributed by atoms with E-state index >= 15 is 0 Å². The van der Waals surface area contributed by atoms with E-state index in [2.05, 4.69) is 39.6 Å². The van der Waals surface area contributed by atoms with Gasteiger partial charge in [-0.1, -0.05) is 27.7 Å². The van der Waals surface area contributed by atoms with Crippen LogP contribution in [0.15, 0.2) is 0 Å². The fraction of sp³-hybridized carbons (Fsp3) is 0.957. The molecule has 1 aliphatic heterocycles. The van der Waals surface area contributed by atoms with Crippen LogP contribution in [-0.4, -0.2) is 36.6 Å². The predicted molar refractivity (Wildman–Crippen MR) is 105 cm³/mol. The third-order valence-electron chi connectivity index (χ3n) is 9.31. The molecule has 0 N–H and O–H groups in total. The van der Waals surface area contributed by atoms with Gasteiger partial charge in [0.2, 0.25) is 5.91 Å². The van der Waals surface area contributed by atoms with Crippen LogP contribution in [0.1, 0.15) is 79.1 Å². The van der Waals surface area contributed by atoms with Crippen molar-refractivity contribution in [2.75, 3.05) is 13.7 Å². The van der Waals surface area contributed by atoms with E-state index in [0.29, 0.717) is 28.9 Å². The molecule has 3 nitrogen and oxygen atoms in total. The van der Waals surface area contributed by atoms with Gasteiger partial charge in [-0.3, -0.25) is 4.79 Å². The lowest BCUT2D eigenvalue weighted by molar-refractivity contribution is -0.163. The van der Waals surface area contributed by atoms with Gasteiger partial charge >= 0.3 is 0 Å². The highest BCUT2D eigenvalue weighted by molar-refractivity contribution is 5.77. The first-order valence-corrected chi connectivity index (χ1v) is 11.2. The second-order valence-corrected chi connectivity index (χ2v) is 10.5. The van der Waals surface area contributed by atoms with Crippen molar-refractivity contribution in [3.63, 3.8) is 0 Å². The van der Waals surface area contributed by atoms with Gasteiger partial charge in [0.15, 0.2) is 0 Å². The fourth-order valence-electron chi connectivity index (χ4n) is 8.15. The van der Waals surface area contributed by atoms with Crippen molar-refractivity contribution < 1.29 is 9.53 Å². The van der Waals surface area contributed by atoms with Crippen molar-refractivity contribution in [1.29, 1.82) is 0 Å². The van der Waals surface area contributed by atoms with Gasteiger partial charge in [-0.05, 0) is 79.4 Å². The molecule has 0 aromatic carbocycles. The highest BCUT2D eigenvalue weighted by atomic mass is 16.5. The zero-order chi connectivity index (χ0) is 18.7. The van der Waals surface area contributed by atoms with Crippen molar-refractivity contribution in [3.8, 4) is 0 Å². The van der Waals surface area contributed by atoms with Crippen molar-refractivity contribution in [2.45, 2.75) is 91.2 Å². The summed E-state index contributed by atoms with van der Waals surface area (Å²) in [6.45, 7) is 10.7. The first-order chi connectivity index (χ1) is 12.3. The highest BCUT2D eigenvalue weighted by Crippen LogP contribution is 2.66. The summed E-state index contributed by atoms with van der Waals surface area (Å²) in [6, 6.07) is 0.471. The summed E-state index contributed by atoms with van der Waals surface area (Å²) in [6.07, 6.45) is 9.88. The van der Waals surface area contributed by atoms with E-state index in [0.717, 1.165) is 49.5 Å². The highest BCUT2D eigenvalue weighted by Gasteiger charge is 2.63. The van der Waals surface area contributed by atoms with E-state index in [1.165, 1.54) is 32.1 Å². The standard InChI is InChI=1S/C23H39NO2/c1-6-13-26-19-14-15(2)21-16-7-8-18-22(3,12-10-20(25)24(18)5)17(16)9-11-23(19,21)4/h15-19,21H,6-14H2,1-5H3/t15-,16?,17?,18-,19+,21?,22-,23-/m1/s1. The zero-order valence-corrected chi connectivity index (χ0v) is 17.6. The number of ether oxygens (including phenoxy) is 1. The van der Waals surface area contributed by atoms with Crippen LogP contribution in [0.25, 0.3) is 0 Å². The van der Waals surface area contributed by atoms with Crippen molar-refractivity contribution in [1.82, 2.24) is 4.90 Å². The van der Waals surface area contributed by atoms with E-state index in [9.17, 15) is 4.79 Å². The van der Waals surface area contributed by atoms with Gasteiger partial charge in [0.05, 0.1) is 6.10 Å². The van der Waals surface area contributed by atoms with Crippen LogP contribution in [0, 0.1) is 34.5 Å². The third kappa shape index (κ3) is 2.52. The Bertz CT molecular complexity index is 562. The van der Waals surface area contributed by atoms with Crippen molar-refractivity contribution in [3.05, 3.63) is 0 Å². The predicted octanol–water partition coefficient (Wildman–Crippen LogP) is 4.89. The van der Waals surface area contributed by atoms with Gasteiger partial charge in [0, 0.05) is 26.1 Å². The van der Waals surface area contributed by atoms with Gasteiger partial charge in [-0.25, -0.2) is 0 Å². The van der Waals surface area contributed by atoms with E-state index in [4.69, 9.17) is 4.74 Å². The maximum Gasteiger partial charge on any atom is 0.222 e. The van der Waals surface area contributed by atoms with Crippen LogP contribution < -0.4 is 0 Å². The van der Waals surface area contributed by atoms with Crippen molar-refractivity contribution in [2.24, 2.45) is 34.5 Å². The monoisotopic (exact) mass is 361 g/mol. The van der Waals surface area contributed by atoms with Crippen molar-refractivity contribution >= 4 is 5.91 Å². The lowest BCUT2D eigenvalue weighted by Crippen LogP contribution is -2.61. The number of rotatable bonds is 3. The molecule has 4 aliphatic rings. The Morgan fingerprint density at radius 1 is 1.15 bits per heavy atom. The summed E-state index contributed by atoms with van der Waals surface area (Å²) in [5.41, 5.74) is 0.699. The Hall–Kier alpha value is -0.570. The molecule has 0 spiro atoms. The van der Waals surface area contributed by atoms with Crippen LogP contribution in [0.5, 0.6) is 0 Å². The summed E-state index contributed by atoms with van der Waals surface area (Å²) >= 11 is 0. The van der Waals surface area contributed by atoms with Gasteiger partial charge in [0.25, 0.3) is 0 Å². The second kappa shape index (κ2) is 6.50. The first-order valence-electron chi connectivity index (χ1n) is 11.2. The number of hydrogen-bond acceptors (Lipinski definition) is 2. The molecule has 4 fully saturated rings. The zero-order valence-electron chi connectivity index (χ0n) is 17.6. The van der Waals surface area contributed by atoms with E-state index in [-0.39, 0.29) is 0 Å². The lowest BCUT2D eigenvalue weighted by Gasteiger charge is -2.62. The number of likely N-dealkylation sites (tertiary alicyclic amines) is 1.